The van der Waals surface area contributed by atoms with Crippen LogP contribution in [0.1, 0.15) is 28.8 Å². The lowest BCUT2D eigenvalue weighted by Gasteiger charge is -2.27. The van der Waals surface area contributed by atoms with Crippen molar-refractivity contribution in [2.75, 3.05) is 18.9 Å². The smallest absolute Gasteiger partial charge is 0.340 e. The van der Waals surface area contributed by atoms with Gasteiger partial charge < -0.3 is 10.5 Å². The number of anilines is 1. The van der Waals surface area contributed by atoms with Crippen molar-refractivity contribution in [2.24, 2.45) is 11.8 Å². The van der Waals surface area contributed by atoms with Crippen molar-refractivity contribution in [3.63, 3.8) is 0 Å². The third-order valence-corrected chi connectivity index (χ3v) is 5.97. The van der Waals surface area contributed by atoms with E-state index in [2.05, 4.69) is 17.0 Å². The first kappa shape index (κ1) is 21.1. The number of likely N-dealkylation sites (tertiary alicyclic amines) is 1. The fourth-order valence-corrected chi connectivity index (χ4v) is 4.57. The molecule has 2 N–H and O–H groups in total. The monoisotopic (exact) mass is 417 g/mol. The zero-order chi connectivity index (χ0) is 19.7. The molecular weight excluding hydrogens is 394 g/mol. The highest BCUT2D eigenvalue weighted by Crippen LogP contribution is 2.43. The van der Waals surface area contributed by atoms with E-state index in [1.54, 1.807) is 0 Å². The van der Waals surface area contributed by atoms with Crippen LogP contribution < -0.4 is 5.73 Å². The van der Waals surface area contributed by atoms with Crippen molar-refractivity contribution < 1.29 is 14.5 Å². The van der Waals surface area contributed by atoms with Crippen LogP contribution in [0.3, 0.4) is 0 Å². The number of nitro groups is 1. The molecule has 1 heterocycles. The van der Waals surface area contributed by atoms with E-state index in [1.807, 2.05) is 18.2 Å². The summed E-state index contributed by atoms with van der Waals surface area (Å²) in [6.07, 6.45) is 2.26. The molecular formula is C21H24ClN3O4. The van der Waals surface area contributed by atoms with Gasteiger partial charge >= 0.3 is 5.97 Å². The highest BCUT2D eigenvalue weighted by molar-refractivity contribution is 5.95. The lowest BCUT2D eigenvalue weighted by molar-refractivity contribution is -0.384. The predicted octanol–water partition coefficient (Wildman–Crippen LogP) is 3.67. The Balaban J connectivity index is 0.00000240. The SMILES string of the molecule is Cl.Nc1ccc([N+](=O)[O-])cc1C(=O)OCC1C2CCC1N(Cc1ccccc1)C2. The van der Waals surface area contributed by atoms with Crippen LogP contribution in [0, 0.1) is 22.0 Å². The van der Waals surface area contributed by atoms with E-state index in [0.29, 0.717) is 24.5 Å². The second kappa shape index (κ2) is 8.80. The maximum Gasteiger partial charge on any atom is 0.340 e. The fourth-order valence-electron chi connectivity index (χ4n) is 4.57. The number of hydrogen-bond acceptors (Lipinski definition) is 6. The quantitative estimate of drug-likeness (QED) is 0.333. The minimum Gasteiger partial charge on any atom is -0.462 e. The molecule has 8 heteroatoms. The number of esters is 1. The Kier molecular flexibility index (Phi) is 6.39. The molecule has 3 atom stereocenters. The van der Waals surface area contributed by atoms with Gasteiger partial charge in [-0.2, -0.15) is 0 Å². The molecule has 0 amide bonds. The van der Waals surface area contributed by atoms with Crippen molar-refractivity contribution in [3.8, 4) is 0 Å². The number of benzene rings is 2. The van der Waals surface area contributed by atoms with Crippen LogP contribution >= 0.6 is 12.4 Å². The molecule has 0 radical (unpaired) electrons. The number of non-ortho nitro benzene ring substituents is 1. The number of rotatable bonds is 6. The Bertz CT molecular complexity index is 893. The zero-order valence-electron chi connectivity index (χ0n) is 15.9. The standard InChI is InChI=1S/C21H23N3O4.ClH/c22-19-8-7-16(24(26)27)10-17(19)21(25)28-13-18-15-6-9-20(18)23(12-15)11-14-4-2-1-3-5-14;/h1-5,7-8,10,15,18,20H,6,9,11-13,22H2;1H. The van der Waals surface area contributed by atoms with Gasteiger partial charge in [-0.15, -0.1) is 12.4 Å². The molecule has 0 spiro atoms. The number of fused-ring (bicyclic) bond motifs is 2. The highest BCUT2D eigenvalue weighted by atomic mass is 35.5. The molecule has 2 fully saturated rings. The topological polar surface area (TPSA) is 98.7 Å². The predicted molar refractivity (Wildman–Crippen MR) is 112 cm³/mol. The van der Waals surface area contributed by atoms with Crippen LogP contribution in [0.25, 0.3) is 0 Å². The maximum atomic E-state index is 12.5. The van der Waals surface area contributed by atoms with Gasteiger partial charge in [-0.25, -0.2) is 4.79 Å². The van der Waals surface area contributed by atoms with Gasteiger partial charge in [0, 0.05) is 42.9 Å². The highest BCUT2D eigenvalue weighted by Gasteiger charge is 2.47. The summed E-state index contributed by atoms with van der Waals surface area (Å²) in [7, 11) is 0. The summed E-state index contributed by atoms with van der Waals surface area (Å²) >= 11 is 0. The lowest BCUT2D eigenvalue weighted by Crippen LogP contribution is -2.33. The van der Waals surface area contributed by atoms with Crippen molar-refractivity contribution in [1.82, 2.24) is 4.90 Å². The summed E-state index contributed by atoms with van der Waals surface area (Å²) in [6.45, 7) is 2.24. The largest absolute Gasteiger partial charge is 0.462 e. The molecule has 2 aliphatic rings. The first-order valence-corrected chi connectivity index (χ1v) is 9.52. The summed E-state index contributed by atoms with van der Waals surface area (Å²) in [6, 6.07) is 14.6. The molecule has 29 heavy (non-hydrogen) atoms. The van der Waals surface area contributed by atoms with Gasteiger partial charge in [0.15, 0.2) is 0 Å². The Labute approximate surface area is 175 Å². The fraction of sp³-hybridized carbons (Fsp3) is 0.381. The van der Waals surface area contributed by atoms with E-state index in [4.69, 9.17) is 10.5 Å². The summed E-state index contributed by atoms with van der Waals surface area (Å²) in [4.78, 5) is 25.3. The second-order valence-electron chi connectivity index (χ2n) is 7.61. The number of ether oxygens (including phenoxy) is 1. The van der Waals surface area contributed by atoms with Gasteiger partial charge in [0.1, 0.15) is 0 Å². The first-order valence-electron chi connectivity index (χ1n) is 9.52. The van der Waals surface area contributed by atoms with Gasteiger partial charge in [0.05, 0.1) is 17.1 Å². The Morgan fingerprint density at radius 2 is 1.97 bits per heavy atom. The van der Waals surface area contributed by atoms with Crippen LogP contribution in [0.15, 0.2) is 48.5 Å². The molecule has 2 bridgehead atoms. The van der Waals surface area contributed by atoms with E-state index in [9.17, 15) is 14.9 Å². The summed E-state index contributed by atoms with van der Waals surface area (Å²) in [5, 5.41) is 10.9. The molecule has 1 saturated carbocycles. The molecule has 2 aromatic carbocycles. The number of carbonyl (C=O) groups excluding carboxylic acids is 1. The van der Waals surface area contributed by atoms with E-state index in [1.165, 1.54) is 23.8 Å². The summed E-state index contributed by atoms with van der Waals surface area (Å²) < 4.78 is 5.54. The number of nitrogens with zero attached hydrogens (tertiary/aromatic N) is 2. The number of nitro benzene ring substituents is 1. The Hall–Kier alpha value is -2.64. The zero-order valence-corrected chi connectivity index (χ0v) is 16.7. The van der Waals surface area contributed by atoms with Gasteiger partial charge in [0.2, 0.25) is 0 Å². The molecule has 154 valence electrons. The Morgan fingerprint density at radius 3 is 2.69 bits per heavy atom. The minimum atomic E-state index is -0.595. The average Bonchev–Trinajstić information content (AvgIpc) is 3.23. The molecule has 1 aliphatic carbocycles. The minimum absolute atomic E-state index is 0. The molecule has 1 aliphatic heterocycles. The Morgan fingerprint density at radius 1 is 1.21 bits per heavy atom. The van der Waals surface area contributed by atoms with Crippen molar-refractivity contribution in [1.29, 1.82) is 0 Å². The molecule has 7 nitrogen and oxygen atoms in total. The van der Waals surface area contributed by atoms with Crippen molar-refractivity contribution in [2.45, 2.75) is 25.4 Å². The second-order valence-corrected chi connectivity index (χ2v) is 7.61. The third-order valence-electron chi connectivity index (χ3n) is 5.97. The van der Waals surface area contributed by atoms with E-state index < -0.39 is 10.9 Å². The number of hydrogen-bond donors (Lipinski definition) is 1. The van der Waals surface area contributed by atoms with Gasteiger partial charge in [-0.05, 0) is 30.4 Å². The van der Waals surface area contributed by atoms with Crippen molar-refractivity contribution >= 4 is 29.8 Å². The average molecular weight is 418 g/mol. The molecule has 1 saturated heterocycles. The van der Waals surface area contributed by atoms with E-state index >= 15 is 0 Å². The molecule has 0 aromatic heterocycles. The van der Waals surface area contributed by atoms with Crippen LogP contribution in [0.2, 0.25) is 0 Å². The van der Waals surface area contributed by atoms with Crippen LogP contribution in [-0.4, -0.2) is 35.0 Å². The number of carbonyl (C=O) groups is 1. The van der Waals surface area contributed by atoms with Gasteiger partial charge in [-0.3, -0.25) is 15.0 Å². The van der Waals surface area contributed by atoms with Crippen LogP contribution in [0.4, 0.5) is 11.4 Å². The van der Waals surface area contributed by atoms with Gasteiger partial charge in [0.25, 0.3) is 5.69 Å². The number of halogens is 1. The lowest BCUT2D eigenvalue weighted by atomic mass is 9.99. The number of piperidine rings is 1. The number of nitrogens with two attached hydrogens (primary N) is 1. The summed E-state index contributed by atoms with van der Waals surface area (Å²) in [5.41, 5.74) is 7.18. The maximum absolute atomic E-state index is 12.5. The third kappa shape index (κ3) is 4.36. The van der Waals surface area contributed by atoms with Crippen molar-refractivity contribution in [3.05, 3.63) is 69.8 Å². The van der Waals surface area contributed by atoms with Crippen LogP contribution in [-0.2, 0) is 11.3 Å². The molecule has 2 aromatic rings. The van der Waals surface area contributed by atoms with Gasteiger partial charge in [-0.1, -0.05) is 30.3 Å². The van der Waals surface area contributed by atoms with E-state index in [0.717, 1.165) is 25.9 Å². The normalized spacial score (nSPS) is 22.8. The molecule has 4 rings (SSSR count). The van der Waals surface area contributed by atoms with E-state index in [-0.39, 0.29) is 29.3 Å². The molecule has 3 unspecified atom stereocenters. The van der Waals surface area contributed by atoms with Crippen LogP contribution in [0.5, 0.6) is 0 Å². The first-order chi connectivity index (χ1) is 13.5. The summed E-state index contributed by atoms with van der Waals surface area (Å²) in [5.74, 6) is 0.221. The number of nitrogen functional groups attached to an aromatic ring is 1.